The Labute approximate surface area is 467 Å². The lowest BCUT2D eigenvalue weighted by Crippen LogP contribution is -2.58. The minimum absolute atomic E-state index is 0.0643. The molecule has 0 N–H and O–H groups in total. The maximum Gasteiger partial charge on any atom is 0.164 e. The summed E-state index contributed by atoms with van der Waals surface area (Å²) in [6.45, 7) is 9.85. The second kappa shape index (κ2) is 21.6. The summed E-state index contributed by atoms with van der Waals surface area (Å²) in [5, 5.41) is 11.8. The number of rotatable bonds is 18. The Balaban J connectivity index is 1.21. The average Bonchev–Trinajstić information content (AvgIpc) is 4.06. The normalized spacial score (nSPS) is 20.2. The molecule has 3 aliphatic carbocycles. The van der Waals surface area contributed by atoms with Crippen LogP contribution in [0.3, 0.4) is 0 Å². The van der Waals surface area contributed by atoms with E-state index in [1.807, 2.05) is 0 Å². The lowest BCUT2D eigenvalue weighted by molar-refractivity contribution is -0.181. The second-order valence-electron chi connectivity index (χ2n) is 23.2. The molecule has 5 atom stereocenters. The van der Waals surface area contributed by atoms with Crippen molar-refractivity contribution in [1.29, 1.82) is 0 Å². The van der Waals surface area contributed by atoms with Crippen LogP contribution in [-0.2, 0) is 36.6 Å². The number of unbranched alkanes of at least 4 members (excludes halogenated alkanes) is 6. The molecule has 1 fully saturated rings. The number of benzene rings is 9. The molecule has 13 rings (SSSR count). The number of ether oxygens (including phenoxy) is 4. The Morgan fingerprint density at radius 1 is 0.494 bits per heavy atom. The largest absolute Gasteiger partial charge is 0.363 e. The Morgan fingerprint density at radius 3 is 1.58 bits per heavy atom. The lowest BCUT2D eigenvalue weighted by atomic mass is 9.61. The molecule has 4 heteroatoms. The van der Waals surface area contributed by atoms with E-state index >= 15 is 0 Å². The fourth-order valence-electron chi connectivity index (χ4n) is 14.4. The van der Waals surface area contributed by atoms with Crippen molar-refractivity contribution >= 4 is 66.0 Å². The summed E-state index contributed by atoms with van der Waals surface area (Å²) >= 11 is 0. The number of allylic oxidation sites excluding steroid dienone is 5. The highest BCUT2D eigenvalue weighted by Crippen LogP contribution is 2.61. The minimum Gasteiger partial charge on any atom is -0.363 e. The van der Waals surface area contributed by atoms with Crippen LogP contribution in [0.5, 0.6) is 0 Å². The molecular formula is C75H74O4. The fourth-order valence-corrected chi connectivity index (χ4v) is 14.4. The number of hydrogen-bond donors (Lipinski definition) is 0. The van der Waals surface area contributed by atoms with E-state index in [1.165, 1.54) is 60.1 Å². The van der Waals surface area contributed by atoms with Crippen LogP contribution in [0.2, 0.25) is 0 Å². The minimum atomic E-state index is -1.31. The van der Waals surface area contributed by atoms with Crippen LogP contribution in [-0.4, -0.2) is 31.2 Å². The summed E-state index contributed by atoms with van der Waals surface area (Å²) in [4.78, 5) is 0. The Morgan fingerprint density at radius 2 is 0.975 bits per heavy atom. The highest BCUT2D eigenvalue weighted by Gasteiger charge is 2.66. The van der Waals surface area contributed by atoms with Gasteiger partial charge in [-0.2, -0.15) is 0 Å². The topological polar surface area (TPSA) is 36.9 Å². The van der Waals surface area contributed by atoms with Gasteiger partial charge in [-0.05, 0) is 156 Å². The molecule has 4 aliphatic rings. The highest BCUT2D eigenvalue weighted by molar-refractivity contribution is 6.12. The molecule has 1 aliphatic heterocycles. The SMILES string of the molecule is CCCCCCOC(C1=Cc2ccccc2C2C=CC=CC12)(c1cc2ccccc2c2c1C=CCC2)C1OC(C)(C)OC1C(OCCCCCC)(c1cc2ccccc2c2ccccc12)c1cc2ccccc2c2ccccc12. The Kier molecular flexibility index (Phi) is 14.1. The number of hydrogen-bond acceptors (Lipinski definition) is 4. The molecule has 0 saturated carbocycles. The number of aryl methyl sites for hydroxylation is 1. The van der Waals surface area contributed by atoms with Gasteiger partial charge in [0.25, 0.3) is 0 Å². The predicted octanol–water partition coefficient (Wildman–Crippen LogP) is 19.2. The summed E-state index contributed by atoms with van der Waals surface area (Å²) in [7, 11) is 0. The molecule has 0 radical (unpaired) electrons. The summed E-state index contributed by atoms with van der Waals surface area (Å²) in [5.74, 6) is -1.10. The molecule has 79 heavy (non-hydrogen) atoms. The van der Waals surface area contributed by atoms with Gasteiger partial charge >= 0.3 is 0 Å². The monoisotopic (exact) mass is 1040 g/mol. The van der Waals surface area contributed by atoms with Crippen molar-refractivity contribution in [3.8, 4) is 0 Å². The standard InChI is InChI=1S/C75H74O4/c1-5-7-9-27-45-76-74(67-47-51-29-11-15-33-55(51)59-37-19-23-41-63(59)67,68-48-52-30-12-16-34-56(52)60-38-20-24-42-64(60)68)71-72(79-73(3,4)78-71)75(77-46-28-10-8-6-2,69-49-53-31-13-17-35-57(53)61-39-21-25-43-65(61)69)70-50-54-32-14-18-36-58(54)62-40-22-26-44-66(62)70/h11-21,23-26,29-39,41-44,47-50,61,65,71-72H,5-10,22,27-28,40,45-46H2,1-4H3. The highest BCUT2D eigenvalue weighted by atomic mass is 16.8. The second-order valence-corrected chi connectivity index (χ2v) is 23.2. The first kappa shape index (κ1) is 51.5. The molecule has 0 aromatic heterocycles. The molecule has 1 saturated heterocycles. The smallest absolute Gasteiger partial charge is 0.164 e. The van der Waals surface area contributed by atoms with Crippen LogP contribution in [0.25, 0.3) is 66.0 Å². The predicted molar refractivity (Wildman–Crippen MR) is 330 cm³/mol. The summed E-state index contributed by atoms with van der Waals surface area (Å²) < 4.78 is 33.1. The van der Waals surface area contributed by atoms with Crippen molar-refractivity contribution in [2.24, 2.45) is 5.92 Å². The van der Waals surface area contributed by atoms with Gasteiger partial charge in [-0.3, -0.25) is 0 Å². The van der Waals surface area contributed by atoms with Gasteiger partial charge in [0.2, 0.25) is 0 Å². The lowest BCUT2D eigenvalue weighted by Gasteiger charge is -2.51. The first-order chi connectivity index (χ1) is 38.8. The third-order valence-corrected chi connectivity index (χ3v) is 17.9. The molecular weight excluding hydrogens is 965 g/mol. The van der Waals surface area contributed by atoms with Gasteiger partial charge in [0, 0.05) is 25.0 Å². The van der Waals surface area contributed by atoms with Crippen LogP contribution in [0.15, 0.2) is 200 Å². The third kappa shape index (κ3) is 8.91. The molecule has 398 valence electrons. The van der Waals surface area contributed by atoms with Gasteiger partial charge < -0.3 is 18.9 Å². The van der Waals surface area contributed by atoms with Crippen molar-refractivity contribution in [2.45, 2.75) is 127 Å². The van der Waals surface area contributed by atoms with Gasteiger partial charge in [-0.1, -0.05) is 240 Å². The quantitative estimate of drug-likeness (QED) is 0.0634. The van der Waals surface area contributed by atoms with Gasteiger partial charge in [0.15, 0.2) is 5.79 Å². The maximum atomic E-state index is 8.41. The summed E-state index contributed by atoms with van der Waals surface area (Å²) in [6.07, 6.45) is 25.4. The zero-order valence-corrected chi connectivity index (χ0v) is 46.6. The van der Waals surface area contributed by atoms with Crippen molar-refractivity contribution in [2.75, 3.05) is 13.2 Å². The van der Waals surface area contributed by atoms with E-state index in [0.717, 1.165) is 102 Å². The first-order valence-corrected chi connectivity index (χ1v) is 29.7. The molecule has 1 heterocycles. The molecule has 4 nitrogen and oxygen atoms in total. The van der Waals surface area contributed by atoms with Crippen molar-refractivity contribution < 1.29 is 18.9 Å². The zero-order valence-electron chi connectivity index (χ0n) is 46.6. The molecule has 9 aromatic carbocycles. The zero-order chi connectivity index (χ0) is 53.6. The van der Waals surface area contributed by atoms with Crippen molar-refractivity contribution in [3.63, 3.8) is 0 Å². The Hall–Kier alpha value is -6.92. The van der Waals surface area contributed by atoms with E-state index in [2.05, 4.69) is 234 Å². The maximum absolute atomic E-state index is 8.41. The van der Waals surface area contributed by atoms with E-state index in [4.69, 9.17) is 18.9 Å². The molecule has 0 bridgehead atoms. The third-order valence-electron chi connectivity index (χ3n) is 17.9. The van der Waals surface area contributed by atoms with Gasteiger partial charge in [-0.25, -0.2) is 0 Å². The van der Waals surface area contributed by atoms with Crippen LogP contribution >= 0.6 is 0 Å². The van der Waals surface area contributed by atoms with E-state index < -0.39 is 29.2 Å². The van der Waals surface area contributed by atoms with Crippen LogP contribution in [0.1, 0.15) is 130 Å². The Bertz CT molecular complexity index is 3750. The number of fused-ring (bicyclic) bond motifs is 12. The van der Waals surface area contributed by atoms with E-state index in [9.17, 15) is 0 Å². The van der Waals surface area contributed by atoms with Crippen molar-refractivity contribution in [1.82, 2.24) is 0 Å². The van der Waals surface area contributed by atoms with E-state index in [-0.39, 0.29) is 11.8 Å². The van der Waals surface area contributed by atoms with E-state index in [0.29, 0.717) is 13.2 Å². The van der Waals surface area contributed by atoms with Gasteiger partial charge in [-0.15, -0.1) is 0 Å². The van der Waals surface area contributed by atoms with Crippen LogP contribution < -0.4 is 0 Å². The summed E-state index contributed by atoms with van der Waals surface area (Å²) in [5.41, 5.74) is 6.98. The van der Waals surface area contributed by atoms with Gasteiger partial charge in [0.05, 0.1) is 0 Å². The first-order valence-electron chi connectivity index (χ1n) is 29.7. The average molecular weight is 1040 g/mol. The van der Waals surface area contributed by atoms with Gasteiger partial charge in [0.1, 0.15) is 23.4 Å². The molecule has 0 amide bonds. The molecule has 0 spiro atoms. The molecule has 5 unspecified atom stereocenters. The fraction of sp³-hybridized carbons (Fsp3) is 0.307. The summed E-state index contributed by atoms with van der Waals surface area (Å²) in [6, 6.07) is 61.1. The van der Waals surface area contributed by atoms with E-state index in [1.54, 1.807) is 0 Å². The van der Waals surface area contributed by atoms with Crippen molar-refractivity contribution in [3.05, 3.63) is 239 Å². The van der Waals surface area contributed by atoms with Crippen LogP contribution in [0, 0.1) is 5.92 Å². The molecule has 9 aromatic rings. The van der Waals surface area contributed by atoms with Crippen LogP contribution in [0.4, 0.5) is 0 Å².